The lowest BCUT2D eigenvalue weighted by Crippen LogP contribution is -2.19. The molecule has 1 aromatic carbocycles. The third-order valence-corrected chi connectivity index (χ3v) is 4.92. The third-order valence-electron chi connectivity index (χ3n) is 4.92. The first kappa shape index (κ1) is 18.3. The fourth-order valence-corrected chi connectivity index (χ4v) is 3.67. The minimum absolute atomic E-state index is 0.0134. The number of halogens is 3. The molecule has 3 N–H and O–H groups in total. The van der Waals surface area contributed by atoms with Crippen LogP contribution in [0, 0.1) is 0 Å². The molecule has 6 nitrogen and oxygen atoms in total. The first-order chi connectivity index (χ1) is 13.3. The Labute approximate surface area is 158 Å². The molecule has 4 rings (SSSR count). The highest BCUT2D eigenvalue weighted by atomic mass is 19.4. The van der Waals surface area contributed by atoms with Crippen LogP contribution in [0.3, 0.4) is 0 Å². The smallest absolute Gasteiger partial charge is 0.383 e. The molecule has 0 saturated carbocycles. The Morgan fingerprint density at radius 2 is 2.00 bits per heavy atom. The maximum Gasteiger partial charge on any atom is 0.435 e. The van der Waals surface area contributed by atoms with Crippen molar-refractivity contribution in [3.8, 4) is 0 Å². The summed E-state index contributed by atoms with van der Waals surface area (Å²) in [5.41, 5.74) is 7.15. The minimum Gasteiger partial charge on any atom is -0.383 e. The van der Waals surface area contributed by atoms with E-state index in [-0.39, 0.29) is 17.9 Å². The normalized spacial score (nSPS) is 15.0. The summed E-state index contributed by atoms with van der Waals surface area (Å²) in [7, 11) is 0. The van der Waals surface area contributed by atoms with Crippen LogP contribution in [0.25, 0.3) is 10.9 Å². The lowest BCUT2D eigenvalue weighted by Gasteiger charge is -2.14. The van der Waals surface area contributed by atoms with Gasteiger partial charge in [0.05, 0.1) is 0 Å². The molecule has 1 aliphatic carbocycles. The van der Waals surface area contributed by atoms with Crippen LogP contribution in [0.15, 0.2) is 35.5 Å². The summed E-state index contributed by atoms with van der Waals surface area (Å²) in [6, 6.07) is 7.40. The quantitative estimate of drug-likeness (QED) is 0.533. The van der Waals surface area contributed by atoms with Crippen molar-refractivity contribution >= 4 is 22.6 Å². The molecule has 9 heteroatoms. The molecule has 0 atom stereocenters. The van der Waals surface area contributed by atoms with Crippen molar-refractivity contribution in [3.63, 3.8) is 0 Å². The zero-order valence-corrected chi connectivity index (χ0v) is 14.9. The van der Waals surface area contributed by atoms with Crippen molar-refractivity contribution in [2.75, 3.05) is 0 Å². The molecule has 0 unspecified atom stereocenters. The average molecular weight is 389 g/mol. The summed E-state index contributed by atoms with van der Waals surface area (Å²) in [5, 5.41) is 4.49. The molecule has 0 spiro atoms. The first-order valence-corrected chi connectivity index (χ1v) is 8.94. The van der Waals surface area contributed by atoms with E-state index in [4.69, 9.17) is 5.73 Å². The van der Waals surface area contributed by atoms with Crippen LogP contribution in [-0.2, 0) is 30.4 Å². The highest BCUT2D eigenvalue weighted by Gasteiger charge is 2.39. The van der Waals surface area contributed by atoms with E-state index in [0.717, 1.165) is 22.0 Å². The number of carbonyl (C=O) groups excluding carboxylic acids is 1. The second-order valence-corrected chi connectivity index (χ2v) is 6.78. The molecular formula is C19H18F3N5O. The molecule has 1 aliphatic rings. The topological polar surface area (TPSA) is 89.1 Å². The van der Waals surface area contributed by atoms with Gasteiger partial charge in [-0.2, -0.15) is 23.3 Å². The Morgan fingerprint density at radius 1 is 1.25 bits per heavy atom. The van der Waals surface area contributed by atoms with E-state index in [1.807, 2.05) is 24.3 Å². The Bertz CT molecular complexity index is 1080. The largest absolute Gasteiger partial charge is 0.435 e. The summed E-state index contributed by atoms with van der Waals surface area (Å²) in [6.45, 7) is -0.374. The van der Waals surface area contributed by atoms with Gasteiger partial charge in [-0.3, -0.25) is 9.48 Å². The Kier molecular flexibility index (Phi) is 4.44. The molecule has 0 bridgehead atoms. The number of amidine groups is 1. The van der Waals surface area contributed by atoms with Gasteiger partial charge in [-0.1, -0.05) is 18.2 Å². The van der Waals surface area contributed by atoms with Gasteiger partial charge in [0.2, 0.25) is 0 Å². The number of nitrogens with two attached hydrogens (primary N) is 1. The molecule has 0 saturated heterocycles. The van der Waals surface area contributed by atoms with Crippen LogP contribution < -0.4 is 5.73 Å². The van der Waals surface area contributed by atoms with Crippen molar-refractivity contribution in [1.82, 2.24) is 14.8 Å². The van der Waals surface area contributed by atoms with Crippen molar-refractivity contribution < 1.29 is 18.0 Å². The average Bonchev–Trinajstić information content (AvgIpc) is 3.23. The molecule has 28 heavy (non-hydrogen) atoms. The fourth-order valence-electron chi connectivity index (χ4n) is 3.67. The van der Waals surface area contributed by atoms with Crippen LogP contribution >= 0.6 is 0 Å². The van der Waals surface area contributed by atoms with E-state index >= 15 is 0 Å². The number of hydrogen-bond donors (Lipinski definition) is 2. The standard InChI is InChI=1S/C19H18F3N5O/c20-19(21,22)17-12-6-2-4-8-15(12)27(26-17)10-16(28)25-18(23)13-9-24-14-7-3-1-5-11(13)14/h1,3,5,7,9,24H,2,4,6,8,10H2,(H2,23,25,28). The zero-order valence-electron chi connectivity index (χ0n) is 14.9. The highest BCUT2D eigenvalue weighted by Crippen LogP contribution is 2.35. The van der Waals surface area contributed by atoms with Gasteiger partial charge < -0.3 is 10.7 Å². The van der Waals surface area contributed by atoms with Gasteiger partial charge in [-0.15, -0.1) is 0 Å². The SMILES string of the molecule is NC(=NC(=O)Cn1nc(C(F)(F)F)c2c1CCCC2)c1c[nH]c2ccccc12. The number of aliphatic imine (C=N–C) groups is 1. The number of alkyl halides is 3. The first-order valence-electron chi connectivity index (χ1n) is 8.94. The Hall–Kier alpha value is -3.10. The molecule has 146 valence electrons. The maximum atomic E-state index is 13.3. The number of benzene rings is 1. The molecular weight excluding hydrogens is 371 g/mol. The Morgan fingerprint density at radius 3 is 2.79 bits per heavy atom. The number of fused-ring (bicyclic) bond motifs is 2. The summed E-state index contributed by atoms with van der Waals surface area (Å²) in [4.78, 5) is 19.3. The van der Waals surface area contributed by atoms with Gasteiger partial charge in [0, 0.05) is 33.9 Å². The van der Waals surface area contributed by atoms with Gasteiger partial charge >= 0.3 is 6.18 Å². The number of rotatable bonds is 3. The highest BCUT2D eigenvalue weighted by molar-refractivity contribution is 6.12. The third kappa shape index (κ3) is 3.28. The van der Waals surface area contributed by atoms with Gasteiger partial charge in [0.1, 0.15) is 12.4 Å². The van der Waals surface area contributed by atoms with Gasteiger partial charge in [0.25, 0.3) is 5.91 Å². The zero-order chi connectivity index (χ0) is 19.9. The number of nitrogens with one attached hydrogen (secondary N) is 1. The molecule has 0 fully saturated rings. The fraction of sp³-hybridized carbons (Fsp3) is 0.316. The number of aromatic amines is 1. The molecule has 2 heterocycles. The number of carbonyl (C=O) groups is 1. The van der Waals surface area contributed by atoms with Crippen LogP contribution in [-0.4, -0.2) is 26.5 Å². The van der Waals surface area contributed by atoms with Crippen LogP contribution in [0.2, 0.25) is 0 Å². The summed E-state index contributed by atoms with van der Waals surface area (Å²) in [5.74, 6) is -0.633. The van der Waals surface area contributed by atoms with E-state index in [0.29, 0.717) is 30.5 Å². The van der Waals surface area contributed by atoms with Gasteiger partial charge in [0.15, 0.2) is 5.69 Å². The van der Waals surface area contributed by atoms with Crippen LogP contribution in [0.4, 0.5) is 13.2 Å². The van der Waals surface area contributed by atoms with Crippen LogP contribution in [0.1, 0.15) is 35.4 Å². The number of hydrogen-bond acceptors (Lipinski definition) is 2. The van der Waals surface area contributed by atoms with E-state index in [9.17, 15) is 18.0 Å². The Balaban J connectivity index is 1.62. The van der Waals surface area contributed by atoms with Crippen LogP contribution in [0.5, 0.6) is 0 Å². The summed E-state index contributed by atoms with van der Waals surface area (Å²) < 4.78 is 40.9. The lowest BCUT2D eigenvalue weighted by molar-refractivity contribution is -0.142. The van der Waals surface area contributed by atoms with Crippen molar-refractivity contribution in [3.05, 3.63) is 53.0 Å². The minimum atomic E-state index is -4.54. The molecule has 0 radical (unpaired) electrons. The van der Waals surface area contributed by atoms with Crippen molar-refractivity contribution in [2.24, 2.45) is 10.7 Å². The maximum absolute atomic E-state index is 13.3. The van der Waals surface area contributed by atoms with Crippen molar-refractivity contribution in [2.45, 2.75) is 38.4 Å². The monoisotopic (exact) mass is 389 g/mol. The number of H-pyrrole nitrogens is 1. The van der Waals surface area contributed by atoms with Gasteiger partial charge in [-0.25, -0.2) is 0 Å². The number of aromatic nitrogens is 3. The molecule has 2 aromatic heterocycles. The second-order valence-electron chi connectivity index (χ2n) is 6.78. The predicted molar refractivity (Wildman–Crippen MR) is 97.9 cm³/mol. The predicted octanol–water partition coefficient (Wildman–Crippen LogP) is 3.19. The van der Waals surface area contributed by atoms with Gasteiger partial charge in [-0.05, 0) is 31.7 Å². The van der Waals surface area contributed by atoms with Crippen molar-refractivity contribution in [1.29, 1.82) is 0 Å². The number of amides is 1. The van der Waals surface area contributed by atoms with E-state index in [2.05, 4.69) is 15.1 Å². The van der Waals surface area contributed by atoms with E-state index < -0.39 is 17.8 Å². The summed E-state index contributed by atoms with van der Waals surface area (Å²) in [6.07, 6.45) is -0.658. The lowest BCUT2D eigenvalue weighted by atomic mass is 9.95. The molecule has 1 amide bonds. The molecule has 0 aliphatic heterocycles. The number of nitrogens with zero attached hydrogens (tertiary/aromatic N) is 3. The molecule has 3 aromatic rings. The summed E-state index contributed by atoms with van der Waals surface area (Å²) >= 11 is 0. The van der Waals surface area contributed by atoms with E-state index in [1.165, 1.54) is 0 Å². The number of para-hydroxylation sites is 1. The van der Waals surface area contributed by atoms with E-state index in [1.54, 1.807) is 6.20 Å². The second kappa shape index (κ2) is 6.81.